The first-order valence-corrected chi connectivity index (χ1v) is 6.77. The van der Waals surface area contributed by atoms with Crippen LogP contribution in [0.25, 0.3) is 0 Å². The van der Waals surface area contributed by atoms with Crippen LogP contribution in [0, 0.1) is 0 Å². The number of urea groups is 1. The van der Waals surface area contributed by atoms with Crippen LogP contribution in [-0.4, -0.2) is 25.2 Å². The molecule has 0 saturated heterocycles. The largest absolute Gasteiger partial charge is 0.465 e. The van der Waals surface area contributed by atoms with Crippen molar-refractivity contribution in [2.24, 2.45) is 0 Å². The summed E-state index contributed by atoms with van der Waals surface area (Å²) in [5, 5.41) is 5.19. The van der Waals surface area contributed by atoms with Gasteiger partial charge in [-0.1, -0.05) is 28.1 Å². The lowest BCUT2D eigenvalue weighted by atomic mass is 10.1. The molecule has 1 aromatic carbocycles. The molecule has 104 valence electrons. The third-order valence-corrected chi connectivity index (χ3v) is 2.89. The summed E-state index contributed by atoms with van der Waals surface area (Å²) >= 11 is 3.37. The van der Waals surface area contributed by atoms with E-state index in [9.17, 15) is 9.59 Å². The van der Waals surface area contributed by atoms with E-state index >= 15 is 0 Å². The van der Waals surface area contributed by atoms with Crippen molar-refractivity contribution in [1.82, 2.24) is 10.6 Å². The van der Waals surface area contributed by atoms with Crippen molar-refractivity contribution in [2.45, 2.75) is 19.9 Å². The van der Waals surface area contributed by atoms with E-state index in [1.165, 1.54) is 0 Å². The van der Waals surface area contributed by atoms with Crippen LogP contribution in [0.3, 0.4) is 0 Å². The van der Waals surface area contributed by atoms with Gasteiger partial charge in [0.05, 0.1) is 12.6 Å². The summed E-state index contributed by atoms with van der Waals surface area (Å²) in [6, 6.07) is 7.10. The minimum atomic E-state index is -0.451. The van der Waals surface area contributed by atoms with E-state index in [1.54, 1.807) is 6.92 Å². The number of carbonyl (C=O) groups is 2. The Balaban J connectivity index is 2.42. The Labute approximate surface area is 120 Å². The van der Waals surface area contributed by atoms with Crippen LogP contribution in [0.15, 0.2) is 28.7 Å². The van der Waals surface area contributed by atoms with Crippen LogP contribution < -0.4 is 10.6 Å². The highest BCUT2D eigenvalue weighted by Gasteiger charge is 2.10. The quantitative estimate of drug-likeness (QED) is 0.815. The molecule has 19 heavy (non-hydrogen) atoms. The van der Waals surface area contributed by atoms with Gasteiger partial charge in [-0.05, 0) is 31.5 Å². The summed E-state index contributed by atoms with van der Waals surface area (Å²) in [5.41, 5.74) is 0.973. The second-order valence-corrected chi connectivity index (χ2v) is 4.82. The summed E-state index contributed by atoms with van der Waals surface area (Å²) < 4.78 is 5.66. The van der Waals surface area contributed by atoms with Crippen molar-refractivity contribution in [1.29, 1.82) is 0 Å². The second-order valence-electron chi connectivity index (χ2n) is 3.91. The van der Waals surface area contributed by atoms with E-state index in [-0.39, 0.29) is 12.6 Å². The predicted molar refractivity (Wildman–Crippen MR) is 75.7 cm³/mol. The minimum absolute atomic E-state index is 0.134. The van der Waals surface area contributed by atoms with Crippen LogP contribution in [0.5, 0.6) is 0 Å². The second kappa shape index (κ2) is 7.78. The third kappa shape index (κ3) is 5.74. The van der Waals surface area contributed by atoms with Gasteiger partial charge >= 0.3 is 12.0 Å². The molecule has 6 heteroatoms. The molecule has 0 aliphatic heterocycles. The van der Waals surface area contributed by atoms with Gasteiger partial charge in [0, 0.05) is 4.47 Å². The summed E-state index contributed by atoms with van der Waals surface area (Å²) in [6.45, 7) is 3.75. The highest BCUT2D eigenvalue weighted by Crippen LogP contribution is 2.17. The van der Waals surface area contributed by atoms with Gasteiger partial charge in [-0.15, -0.1) is 0 Å². The zero-order valence-electron chi connectivity index (χ0n) is 10.9. The maximum Gasteiger partial charge on any atom is 0.325 e. The van der Waals surface area contributed by atoms with Gasteiger partial charge in [0.15, 0.2) is 0 Å². The van der Waals surface area contributed by atoms with E-state index in [4.69, 9.17) is 4.74 Å². The summed E-state index contributed by atoms with van der Waals surface area (Å²) in [5.74, 6) is -0.451. The average Bonchev–Trinajstić information content (AvgIpc) is 2.36. The topological polar surface area (TPSA) is 67.4 Å². The van der Waals surface area contributed by atoms with Crippen molar-refractivity contribution in [3.63, 3.8) is 0 Å². The maximum atomic E-state index is 11.6. The molecule has 0 bridgehead atoms. The molecule has 0 aromatic heterocycles. The summed E-state index contributed by atoms with van der Waals surface area (Å²) in [6.07, 6.45) is 0. The Bertz CT molecular complexity index is 451. The number of hydrogen-bond acceptors (Lipinski definition) is 3. The smallest absolute Gasteiger partial charge is 0.325 e. The van der Waals surface area contributed by atoms with Crippen molar-refractivity contribution in [3.05, 3.63) is 34.3 Å². The van der Waals surface area contributed by atoms with Crippen LogP contribution in [0.1, 0.15) is 25.5 Å². The van der Waals surface area contributed by atoms with Gasteiger partial charge in [0.1, 0.15) is 6.54 Å². The number of amides is 2. The number of nitrogens with one attached hydrogen (secondary N) is 2. The first kappa shape index (κ1) is 15.5. The number of benzene rings is 1. The van der Waals surface area contributed by atoms with Crippen LogP contribution in [-0.2, 0) is 9.53 Å². The van der Waals surface area contributed by atoms with Crippen molar-refractivity contribution >= 4 is 27.9 Å². The number of rotatable bonds is 5. The molecule has 0 aliphatic carbocycles. The fourth-order valence-electron chi connectivity index (χ4n) is 1.47. The van der Waals surface area contributed by atoms with Crippen LogP contribution >= 0.6 is 15.9 Å². The number of halogens is 1. The molecule has 0 spiro atoms. The highest BCUT2D eigenvalue weighted by atomic mass is 79.9. The zero-order valence-corrected chi connectivity index (χ0v) is 12.5. The van der Waals surface area contributed by atoms with Gasteiger partial charge in [0.2, 0.25) is 0 Å². The minimum Gasteiger partial charge on any atom is -0.465 e. The molecule has 1 atom stereocenters. The van der Waals surface area contributed by atoms with E-state index in [0.717, 1.165) is 10.0 Å². The Morgan fingerprint density at radius 3 is 2.79 bits per heavy atom. The van der Waals surface area contributed by atoms with E-state index in [1.807, 2.05) is 31.2 Å². The molecule has 2 N–H and O–H groups in total. The molecule has 0 fully saturated rings. The molecular weight excluding hydrogens is 312 g/mol. The molecule has 5 nitrogen and oxygen atoms in total. The Kier molecular flexibility index (Phi) is 6.35. The normalized spacial score (nSPS) is 11.5. The summed E-state index contributed by atoms with van der Waals surface area (Å²) in [7, 11) is 0. The Morgan fingerprint density at radius 2 is 2.16 bits per heavy atom. The molecule has 0 radical (unpaired) electrons. The first-order valence-electron chi connectivity index (χ1n) is 5.98. The fourth-order valence-corrected chi connectivity index (χ4v) is 1.89. The number of esters is 1. The van der Waals surface area contributed by atoms with Gasteiger partial charge in [-0.3, -0.25) is 4.79 Å². The van der Waals surface area contributed by atoms with Gasteiger partial charge in [-0.25, -0.2) is 4.79 Å². The predicted octanol–water partition coefficient (Wildman–Crippen LogP) is 2.37. The van der Waals surface area contributed by atoms with E-state index < -0.39 is 12.0 Å². The molecule has 1 unspecified atom stereocenters. The molecular formula is C13H17BrN2O3. The lowest BCUT2D eigenvalue weighted by Gasteiger charge is -2.15. The lowest BCUT2D eigenvalue weighted by molar-refractivity contribution is -0.141. The molecule has 2 amide bonds. The third-order valence-electron chi connectivity index (χ3n) is 2.39. The fraction of sp³-hybridized carbons (Fsp3) is 0.385. The van der Waals surface area contributed by atoms with Crippen molar-refractivity contribution in [2.75, 3.05) is 13.2 Å². The Morgan fingerprint density at radius 1 is 1.42 bits per heavy atom. The number of hydrogen-bond donors (Lipinski definition) is 2. The summed E-state index contributed by atoms with van der Waals surface area (Å²) in [4.78, 5) is 22.7. The van der Waals surface area contributed by atoms with Gasteiger partial charge in [-0.2, -0.15) is 0 Å². The number of ether oxygens (including phenoxy) is 1. The van der Waals surface area contributed by atoms with Crippen LogP contribution in [0.4, 0.5) is 4.79 Å². The van der Waals surface area contributed by atoms with Crippen LogP contribution in [0.2, 0.25) is 0 Å². The SMILES string of the molecule is CCOC(=O)CNC(=O)NC(C)c1cccc(Br)c1. The maximum absolute atomic E-state index is 11.6. The van der Waals surface area contributed by atoms with Gasteiger partial charge in [0.25, 0.3) is 0 Å². The molecule has 0 aliphatic rings. The van der Waals surface area contributed by atoms with E-state index in [0.29, 0.717) is 6.61 Å². The molecule has 1 aromatic rings. The molecule has 0 heterocycles. The zero-order chi connectivity index (χ0) is 14.3. The van der Waals surface area contributed by atoms with Gasteiger partial charge < -0.3 is 15.4 Å². The molecule has 0 saturated carbocycles. The number of carbonyl (C=O) groups excluding carboxylic acids is 2. The molecule has 1 rings (SSSR count). The highest BCUT2D eigenvalue weighted by molar-refractivity contribution is 9.10. The Hall–Kier alpha value is -1.56. The monoisotopic (exact) mass is 328 g/mol. The lowest BCUT2D eigenvalue weighted by Crippen LogP contribution is -2.40. The van der Waals surface area contributed by atoms with Crippen molar-refractivity contribution in [3.8, 4) is 0 Å². The van der Waals surface area contributed by atoms with E-state index in [2.05, 4.69) is 26.6 Å². The average molecular weight is 329 g/mol. The first-order chi connectivity index (χ1) is 9.02. The van der Waals surface area contributed by atoms with Crippen molar-refractivity contribution < 1.29 is 14.3 Å². The standard InChI is InChI=1S/C13H17BrN2O3/c1-3-19-12(17)8-15-13(18)16-9(2)10-5-4-6-11(14)7-10/h4-7,9H,3,8H2,1-2H3,(H2,15,16,18).